The van der Waals surface area contributed by atoms with E-state index in [2.05, 4.69) is 30.3 Å². The van der Waals surface area contributed by atoms with Crippen molar-refractivity contribution in [2.45, 2.75) is 31.1 Å². The fourth-order valence-electron chi connectivity index (χ4n) is 3.05. The highest BCUT2D eigenvalue weighted by Gasteiger charge is 2.26. The largest absolute Gasteiger partial charge is 0.207 e. The van der Waals surface area contributed by atoms with Crippen molar-refractivity contribution >= 4 is 0 Å². The molecule has 18 heavy (non-hydrogen) atoms. The summed E-state index contributed by atoms with van der Waals surface area (Å²) in [6.45, 7) is 0. The van der Waals surface area contributed by atoms with Gasteiger partial charge in [-0.3, -0.25) is 0 Å². The molecule has 0 aliphatic heterocycles. The molecular weight excluding hydrogens is 223 g/mol. The standard InChI is InChI=1S/C17H17F/c18-17-10-8-14(9-11-17)16-7-6-15(12-16)13-4-2-1-3-5-13/h1-5,8-11,15-16H,6-7,12H2. The zero-order valence-corrected chi connectivity index (χ0v) is 10.4. The molecule has 0 spiro atoms. The van der Waals surface area contributed by atoms with Crippen LogP contribution in [0.2, 0.25) is 0 Å². The van der Waals surface area contributed by atoms with Gasteiger partial charge < -0.3 is 0 Å². The minimum atomic E-state index is -0.142. The van der Waals surface area contributed by atoms with Crippen LogP contribution in [0, 0.1) is 5.82 Å². The Morgan fingerprint density at radius 1 is 0.722 bits per heavy atom. The van der Waals surface area contributed by atoms with Crippen LogP contribution in [0.25, 0.3) is 0 Å². The lowest BCUT2D eigenvalue weighted by Crippen LogP contribution is -1.95. The maximum absolute atomic E-state index is 12.9. The summed E-state index contributed by atoms with van der Waals surface area (Å²) >= 11 is 0. The maximum Gasteiger partial charge on any atom is 0.123 e. The van der Waals surface area contributed by atoms with E-state index < -0.39 is 0 Å². The minimum Gasteiger partial charge on any atom is -0.207 e. The van der Waals surface area contributed by atoms with E-state index in [1.165, 1.54) is 30.4 Å². The molecule has 3 rings (SSSR count). The fraction of sp³-hybridized carbons (Fsp3) is 0.294. The smallest absolute Gasteiger partial charge is 0.123 e. The van der Waals surface area contributed by atoms with Crippen molar-refractivity contribution in [3.8, 4) is 0 Å². The van der Waals surface area contributed by atoms with E-state index in [-0.39, 0.29) is 5.82 Å². The van der Waals surface area contributed by atoms with Crippen molar-refractivity contribution in [1.82, 2.24) is 0 Å². The molecule has 1 heteroatoms. The van der Waals surface area contributed by atoms with Gasteiger partial charge in [0, 0.05) is 0 Å². The molecule has 2 atom stereocenters. The lowest BCUT2D eigenvalue weighted by Gasteiger charge is -2.12. The Morgan fingerprint density at radius 3 is 1.89 bits per heavy atom. The van der Waals surface area contributed by atoms with Crippen LogP contribution in [0.5, 0.6) is 0 Å². The van der Waals surface area contributed by atoms with E-state index >= 15 is 0 Å². The number of halogens is 1. The highest BCUT2D eigenvalue weighted by Crippen LogP contribution is 2.43. The second-order valence-electron chi connectivity index (χ2n) is 5.17. The van der Waals surface area contributed by atoms with Crippen molar-refractivity contribution in [3.63, 3.8) is 0 Å². The van der Waals surface area contributed by atoms with Gasteiger partial charge >= 0.3 is 0 Å². The molecule has 0 bridgehead atoms. The molecule has 2 aromatic rings. The van der Waals surface area contributed by atoms with Crippen molar-refractivity contribution in [3.05, 3.63) is 71.5 Å². The molecule has 1 saturated carbocycles. The monoisotopic (exact) mass is 240 g/mol. The minimum absolute atomic E-state index is 0.142. The Morgan fingerprint density at radius 2 is 1.28 bits per heavy atom. The van der Waals surface area contributed by atoms with Crippen LogP contribution in [0.1, 0.15) is 42.2 Å². The molecule has 0 aromatic heterocycles. The summed E-state index contributed by atoms with van der Waals surface area (Å²) in [5.74, 6) is 1.12. The Bertz CT molecular complexity index is 501. The van der Waals surface area contributed by atoms with Crippen LogP contribution < -0.4 is 0 Å². The molecule has 2 unspecified atom stereocenters. The van der Waals surface area contributed by atoms with Gasteiger partial charge in [0.25, 0.3) is 0 Å². The summed E-state index contributed by atoms with van der Waals surface area (Å²) in [5, 5.41) is 0. The van der Waals surface area contributed by atoms with Crippen molar-refractivity contribution in [1.29, 1.82) is 0 Å². The predicted molar refractivity (Wildman–Crippen MR) is 72.2 cm³/mol. The number of benzene rings is 2. The fourth-order valence-corrected chi connectivity index (χ4v) is 3.05. The van der Waals surface area contributed by atoms with E-state index in [4.69, 9.17) is 0 Å². The molecule has 0 saturated heterocycles. The van der Waals surface area contributed by atoms with Gasteiger partial charge in [-0.15, -0.1) is 0 Å². The van der Waals surface area contributed by atoms with E-state index in [1.54, 1.807) is 12.1 Å². The Balaban J connectivity index is 1.74. The molecular formula is C17H17F. The molecule has 0 heterocycles. The quantitative estimate of drug-likeness (QED) is 0.702. The summed E-state index contributed by atoms with van der Waals surface area (Å²) in [7, 11) is 0. The highest BCUT2D eigenvalue weighted by atomic mass is 19.1. The van der Waals surface area contributed by atoms with E-state index in [9.17, 15) is 4.39 Å². The number of hydrogen-bond donors (Lipinski definition) is 0. The van der Waals surface area contributed by atoms with Gasteiger partial charge in [-0.05, 0) is 54.4 Å². The van der Waals surface area contributed by atoms with E-state index in [1.807, 2.05) is 12.1 Å². The average Bonchev–Trinajstić information content (AvgIpc) is 2.90. The molecule has 0 radical (unpaired) electrons. The summed E-state index contributed by atoms with van der Waals surface area (Å²) in [4.78, 5) is 0. The molecule has 92 valence electrons. The molecule has 0 nitrogen and oxygen atoms in total. The second-order valence-corrected chi connectivity index (χ2v) is 5.17. The van der Waals surface area contributed by atoms with E-state index in [0.29, 0.717) is 11.8 Å². The molecule has 1 aliphatic rings. The first-order valence-corrected chi connectivity index (χ1v) is 6.63. The predicted octanol–water partition coefficient (Wildman–Crippen LogP) is 4.88. The average molecular weight is 240 g/mol. The molecule has 0 N–H and O–H groups in total. The van der Waals surface area contributed by atoms with Crippen LogP contribution in [0.4, 0.5) is 4.39 Å². The SMILES string of the molecule is Fc1ccc(C2CCC(c3ccccc3)C2)cc1. The van der Waals surface area contributed by atoms with E-state index in [0.717, 1.165) is 0 Å². The number of rotatable bonds is 2. The van der Waals surface area contributed by atoms with Crippen LogP contribution in [0.15, 0.2) is 54.6 Å². The first kappa shape index (κ1) is 11.5. The third-order valence-electron chi connectivity index (χ3n) is 4.05. The van der Waals surface area contributed by atoms with Crippen LogP contribution in [-0.2, 0) is 0 Å². The normalized spacial score (nSPS) is 23.2. The van der Waals surface area contributed by atoms with Gasteiger partial charge in [0.2, 0.25) is 0 Å². The lowest BCUT2D eigenvalue weighted by molar-refractivity contribution is 0.623. The summed E-state index contributed by atoms with van der Waals surface area (Å²) in [6.07, 6.45) is 3.65. The van der Waals surface area contributed by atoms with Gasteiger partial charge in [-0.25, -0.2) is 4.39 Å². The molecule has 1 fully saturated rings. The van der Waals surface area contributed by atoms with Gasteiger partial charge in [-0.2, -0.15) is 0 Å². The third kappa shape index (κ3) is 2.31. The lowest BCUT2D eigenvalue weighted by atomic mass is 9.93. The topological polar surface area (TPSA) is 0 Å². The highest BCUT2D eigenvalue weighted by molar-refractivity contribution is 5.26. The Labute approximate surface area is 107 Å². The first-order chi connectivity index (χ1) is 8.83. The van der Waals surface area contributed by atoms with Crippen LogP contribution >= 0.6 is 0 Å². The summed E-state index contributed by atoms with van der Waals surface area (Å²) < 4.78 is 12.9. The number of hydrogen-bond acceptors (Lipinski definition) is 0. The van der Waals surface area contributed by atoms with Gasteiger partial charge in [0.15, 0.2) is 0 Å². The van der Waals surface area contributed by atoms with Crippen molar-refractivity contribution < 1.29 is 4.39 Å². The van der Waals surface area contributed by atoms with Crippen molar-refractivity contribution in [2.24, 2.45) is 0 Å². The van der Waals surface area contributed by atoms with Gasteiger partial charge in [0.05, 0.1) is 0 Å². The zero-order chi connectivity index (χ0) is 12.4. The maximum atomic E-state index is 12.9. The summed E-state index contributed by atoms with van der Waals surface area (Å²) in [5.41, 5.74) is 2.73. The first-order valence-electron chi connectivity index (χ1n) is 6.63. The van der Waals surface area contributed by atoms with Gasteiger partial charge in [0.1, 0.15) is 5.82 Å². The van der Waals surface area contributed by atoms with Crippen LogP contribution in [0.3, 0.4) is 0 Å². The molecule has 2 aromatic carbocycles. The second kappa shape index (κ2) is 4.93. The summed E-state index contributed by atoms with van der Waals surface area (Å²) in [6, 6.07) is 17.8. The molecule has 0 amide bonds. The molecule has 1 aliphatic carbocycles. The third-order valence-corrected chi connectivity index (χ3v) is 4.05. The zero-order valence-electron chi connectivity index (χ0n) is 10.4. The Kier molecular flexibility index (Phi) is 3.14. The Hall–Kier alpha value is -1.63. The van der Waals surface area contributed by atoms with Gasteiger partial charge in [-0.1, -0.05) is 42.5 Å². The van der Waals surface area contributed by atoms with Crippen molar-refractivity contribution in [2.75, 3.05) is 0 Å². The van der Waals surface area contributed by atoms with Crippen LogP contribution in [-0.4, -0.2) is 0 Å².